The molecule has 31 heavy (non-hydrogen) atoms. The fourth-order valence-electron chi connectivity index (χ4n) is 2.70. The number of nitrogens with zero attached hydrogens (tertiary/aromatic N) is 2. The standard InChI is InChI=1S/C22H20ClN3O4S/c1-30-19-11-13-20(14-12-19)31(28,29)26(18-8-3-2-4-9-18)16-22(27)25-24-15-17-7-5-6-10-21(17)23/h2-15H,16H2,1H3,(H,25,27)/b24-15-. The Morgan fingerprint density at radius 1 is 1.03 bits per heavy atom. The van der Waals surface area contributed by atoms with Crippen LogP contribution in [0.15, 0.2) is 88.9 Å². The van der Waals surface area contributed by atoms with Gasteiger partial charge in [-0.25, -0.2) is 13.8 Å². The van der Waals surface area contributed by atoms with Gasteiger partial charge < -0.3 is 4.74 Å². The number of hydrogen-bond acceptors (Lipinski definition) is 5. The molecule has 0 saturated carbocycles. The van der Waals surface area contributed by atoms with Gasteiger partial charge in [0, 0.05) is 10.6 Å². The van der Waals surface area contributed by atoms with Gasteiger partial charge in [0.05, 0.1) is 23.9 Å². The van der Waals surface area contributed by atoms with Crippen molar-refractivity contribution in [1.82, 2.24) is 5.43 Å². The Balaban J connectivity index is 1.82. The molecular weight excluding hydrogens is 438 g/mol. The highest BCUT2D eigenvalue weighted by atomic mass is 35.5. The van der Waals surface area contributed by atoms with Crippen molar-refractivity contribution >= 4 is 39.4 Å². The zero-order chi connectivity index (χ0) is 22.3. The molecule has 0 radical (unpaired) electrons. The molecule has 0 bridgehead atoms. The molecule has 0 saturated heterocycles. The second-order valence-electron chi connectivity index (χ2n) is 6.34. The summed E-state index contributed by atoms with van der Waals surface area (Å²) in [6.45, 7) is -0.460. The summed E-state index contributed by atoms with van der Waals surface area (Å²) in [6.07, 6.45) is 1.39. The normalized spacial score (nSPS) is 11.3. The average Bonchev–Trinajstić information content (AvgIpc) is 2.79. The van der Waals surface area contributed by atoms with Crippen LogP contribution in [-0.4, -0.2) is 34.2 Å². The van der Waals surface area contributed by atoms with Gasteiger partial charge in [-0.2, -0.15) is 5.10 Å². The number of sulfonamides is 1. The van der Waals surface area contributed by atoms with E-state index in [4.69, 9.17) is 16.3 Å². The van der Waals surface area contributed by atoms with Gasteiger partial charge in [0.2, 0.25) is 0 Å². The summed E-state index contributed by atoms with van der Waals surface area (Å²) >= 11 is 6.05. The zero-order valence-electron chi connectivity index (χ0n) is 16.6. The van der Waals surface area contributed by atoms with Crippen LogP contribution >= 0.6 is 11.6 Å². The lowest BCUT2D eigenvalue weighted by Gasteiger charge is -2.23. The molecule has 3 aromatic carbocycles. The van der Waals surface area contributed by atoms with E-state index >= 15 is 0 Å². The van der Waals surface area contributed by atoms with Crippen molar-refractivity contribution < 1.29 is 17.9 Å². The van der Waals surface area contributed by atoms with Gasteiger partial charge in [-0.3, -0.25) is 9.10 Å². The largest absolute Gasteiger partial charge is 0.497 e. The number of hydrogen-bond donors (Lipinski definition) is 1. The van der Waals surface area contributed by atoms with Gasteiger partial charge in [-0.1, -0.05) is 48.0 Å². The number of rotatable bonds is 8. The Morgan fingerprint density at radius 2 is 1.68 bits per heavy atom. The summed E-state index contributed by atoms with van der Waals surface area (Å²) in [5.74, 6) is -0.0823. The lowest BCUT2D eigenvalue weighted by atomic mass is 10.2. The number of ether oxygens (including phenoxy) is 1. The zero-order valence-corrected chi connectivity index (χ0v) is 18.2. The van der Waals surface area contributed by atoms with E-state index in [1.807, 2.05) is 0 Å². The molecule has 0 aromatic heterocycles. The minimum absolute atomic E-state index is 0.0320. The van der Waals surface area contributed by atoms with Gasteiger partial charge in [0.15, 0.2) is 0 Å². The van der Waals surface area contributed by atoms with Gasteiger partial charge >= 0.3 is 0 Å². The summed E-state index contributed by atoms with van der Waals surface area (Å²) in [5, 5.41) is 4.36. The summed E-state index contributed by atoms with van der Waals surface area (Å²) < 4.78 is 32.6. The van der Waals surface area contributed by atoms with Gasteiger partial charge in [-0.15, -0.1) is 0 Å². The Hall–Kier alpha value is -3.36. The first-order valence-corrected chi connectivity index (χ1v) is 11.0. The molecule has 0 atom stereocenters. The van der Waals surface area contributed by atoms with Crippen molar-refractivity contribution in [2.24, 2.45) is 5.10 Å². The minimum Gasteiger partial charge on any atom is -0.497 e. The van der Waals surface area contributed by atoms with Crippen molar-refractivity contribution in [3.63, 3.8) is 0 Å². The Bertz CT molecular complexity index is 1170. The van der Waals surface area contributed by atoms with E-state index in [1.165, 1.54) is 25.5 Å². The number of para-hydroxylation sites is 1. The van der Waals surface area contributed by atoms with Crippen molar-refractivity contribution in [3.8, 4) is 5.75 Å². The third kappa shape index (κ3) is 5.62. The lowest BCUT2D eigenvalue weighted by Crippen LogP contribution is -2.39. The number of hydrazone groups is 1. The van der Waals surface area contributed by atoms with Crippen LogP contribution in [0.3, 0.4) is 0 Å². The molecule has 7 nitrogen and oxygen atoms in total. The number of carbonyl (C=O) groups excluding carboxylic acids is 1. The molecule has 1 amide bonds. The van der Waals surface area contributed by atoms with E-state index in [9.17, 15) is 13.2 Å². The molecule has 0 spiro atoms. The Kier molecular flexibility index (Phi) is 7.28. The number of methoxy groups -OCH3 is 1. The highest BCUT2D eigenvalue weighted by molar-refractivity contribution is 7.92. The predicted octanol–water partition coefficient (Wildman–Crippen LogP) is 3.69. The molecule has 160 valence electrons. The molecule has 0 aliphatic carbocycles. The second-order valence-corrected chi connectivity index (χ2v) is 8.61. The highest BCUT2D eigenvalue weighted by Crippen LogP contribution is 2.24. The molecule has 0 unspecified atom stereocenters. The average molecular weight is 458 g/mol. The Morgan fingerprint density at radius 3 is 2.32 bits per heavy atom. The van der Waals surface area contributed by atoms with Crippen LogP contribution < -0.4 is 14.5 Å². The van der Waals surface area contributed by atoms with Crippen LogP contribution in [0.4, 0.5) is 5.69 Å². The smallest absolute Gasteiger partial charge is 0.264 e. The van der Waals surface area contributed by atoms with Crippen LogP contribution in [0.2, 0.25) is 5.02 Å². The topological polar surface area (TPSA) is 88.1 Å². The van der Waals surface area contributed by atoms with Crippen LogP contribution in [0.5, 0.6) is 5.75 Å². The maximum absolute atomic E-state index is 13.3. The van der Waals surface area contributed by atoms with Crippen molar-refractivity contribution in [2.45, 2.75) is 4.90 Å². The van der Waals surface area contributed by atoms with Gasteiger partial charge in [-0.05, 0) is 42.5 Å². The van der Waals surface area contributed by atoms with E-state index in [-0.39, 0.29) is 4.90 Å². The fourth-order valence-corrected chi connectivity index (χ4v) is 4.31. The third-order valence-corrected chi connectivity index (χ3v) is 6.41. The molecule has 0 fully saturated rings. The maximum atomic E-state index is 13.3. The van der Waals surface area contributed by atoms with Gasteiger partial charge in [0.25, 0.3) is 15.9 Å². The monoisotopic (exact) mass is 457 g/mol. The number of nitrogens with one attached hydrogen (secondary N) is 1. The van der Waals surface area contributed by atoms with E-state index in [0.717, 1.165) is 4.31 Å². The van der Waals surface area contributed by atoms with Gasteiger partial charge in [0.1, 0.15) is 12.3 Å². The van der Waals surface area contributed by atoms with Crippen molar-refractivity contribution in [3.05, 3.63) is 89.4 Å². The van der Waals surface area contributed by atoms with Crippen LogP contribution in [0.25, 0.3) is 0 Å². The minimum atomic E-state index is -4.01. The quantitative estimate of drug-likeness (QED) is 0.412. The van der Waals surface area contributed by atoms with Crippen LogP contribution in [-0.2, 0) is 14.8 Å². The first kappa shape index (κ1) is 22.3. The first-order chi connectivity index (χ1) is 14.9. The SMILES string of the molecule is COc1ccc(S(=O)(=O)N(CC(=O)N/N=C\c2ccccc2Cl)c2ccccc2)cc1. The molecule has 0 aliphatic heterocycles. The lowest BCUT2D eigenvalue weighted by molar-refractivity contribution is -0.119. The second kappa shape index (κ2) is 10.1. The van der Waals surface area contributed by atoms with E-state index in [1.54, 1.807) is 66.7 Å². The number of amides is 1. The molecule has 1 N–H and O–H groups in total. The summed E-state index contributed by atoms with van der Waals surface area (Å²) in [4.78, 5) is 12.5. The molecular formula is C22H20ClN3O4S. The number of carbonyl (C=O) groups is 1. The number of benzene rings is 3. The van der Waals surface area contributed by atoms with Crippen LogP contribution in [0, 0.1) is 0 Å². The molecule has 0 heterocycles. The first-order valence-electron chi connectivity index (χ1n) is 9.20. The van der Waals surface area contributed by atoms with Crippen molar-refractivity contribution in [1.29, 1.82) is 0 Å². The number of halogens is 1. The fraction of sp³-hybridized carbons (Fsp3) is 0.0909. The van der Waals surface area contributed by atoms with E-state index < -0.39 is 22.5 Å². The molecule has 0 aliphatic rings. The third-order valence-electron chi connectivity index (χ3n) is 4.28. The molecule has 3 rings (SSSR count). The van der Waals surface area contributed by atoms with E-state index in [2.05, 4.69) is 10.5 Å². The number of anilines is 1. The van der Waals surface area contributed by atoms with Crippen molar-refractivity contribution in [2.75, 3.05) is 18.0 Å². The molecule has 3 aromatic rings. The summed E-state index contributed by atoms with van der Waals surface area (Å²) in [5.41, 5.74) is 3.32. The summed E-state index contributed by atoms with van der Waals surface area (Å²) in [6, 6.07) is 21.3. The Labute approximate surface area is 186 Å². The maximum Gasteiger partial charge on any atom is 0.264 e. The summed E-state index contributed by atoms with van der Waals surface area (Å²) in [7, 11) is -2.52. The molecule has 9 heteroatoms. The van der Waals surface area contributed by atoms with Crippen LogP contribution in [0.1, 0.15) is 5.56 Å². The highest BCUT2D eigenvalue weighted by Gasteiger charge is 2.27. The predicted molar refractivity (Wildman–Crippen MR) is 121 cm³/mol. The van der Waals surface area contributed by atoms with E-state index in [0.29, 0.717) is 22.0 Å².